The first-order chi connectivity index (χ1) is 11.7. The Morgan fingerprint density at radius 3 is 2.36 bits per heavy atom. The molecule has 4 N–H and O–H groups in total. The van der Waals surface area contributed by atoms with Crippen LogP contribution in [0.1, 0.15) is 17.3 Å². The highest BCUT2D eigenvalue weighted by Gasteiger charge is 2.19. The molecular weight excluding hydrogens is 346 g/mol. The van der Waals surface area contributed by atoms with Gasteiger partial charge in [-0.2, -0.15) is 0 Å². The fourth-order valence-electron chi connectivity index (χ4n) is 2.12. The van der Waals surface area contributed by atoms with Crippen LogP contribution in [0, 0.1) is 0 Å². The molecule has 0 atom stereocenters. The summed E-state index contributed by atoms with van der Waals surface area (Å²) in [5.41, 5.74) is 5.71. The molecule has 0 fully saturated rings. The van der Waals surface area contributed by atoms with Gasteiger partial charge in [0, 0.05) is 13.0 Å². The summed E-state index contributed by atoms with van der Waals surface area (Å²) in [5, 5.41) is 2.54. The van der Waals surface area contributed by atoms with Crippen molar-refractivity contribution in [2.75, 3.05) is 17.1 Å². The molecule has 2 rings (SSSR count). The number of nitrogens with two attached hydrogens (primary N) is 1. The van der Waals surface area contributed by atoms with Crippen molar-refractivity contribution in [3.63, 3.8) is 0 Å². The zero-order chi connectivity index (χ0) is 18.6. The van der Waals surface area contributed by atoms with Gasteiger partial charge in [-0.25, -0.2) is 8.42 Å². The molecule has 0 aromatic heterocycles. The van der Waals surface area contributed by atoms with Crippen molar-refractivity contribution in [2.24, 2.45) is 5.73 Å². The van der Waals surface area contributed by atoms with E-state index < -0.39 is 15.9 Å². The number of ether oxygens (including phenoxy) is 1. The molecular formula is C16H17N3O5S. The van der Waals surface area contributed by atoms with E-state index in [2.05, 4.69) is 10.0 Å². The number of amides is 2. The fraction of sp³-hybridized carbons (Fsp3) is 0.125. The summed E-state index contributed by atoms with van der Waals surface area (Å²) in [6.07, 6.45) is 0. The van der Waals surface area contributed by atoms with Crippen LogP contribution in [0.4, 0.5) is 11.4 Å². The molecule has 0 saturated heterocycles. The van der Waals surface area contributed by atoms with E-state index in [4.69, 9.17) is 10.5 Å². The Hall–Kier alpha value is -3.07. The minimum atomic E-state index is -4.00. The van der Waals surface area contributed by atoms with Crippen LogP contribution in [0.3, 0.4) is 0 Å². The molecule has 25 heavy (non-hydrogen) atoms. The number of hydrogen-bond donors (Lipinski definition) is 3. The van der Waals surface area contributed by atoms with E-state index in [0.29, 0.717) is 5.69 Å². The largest absolute Gasteiger partial charge is 0.495 e. The van der Waals surface area contributed by atoms with Crippen molar-refractivity contribution in [1.82, 2.24) is 0 Å². The first-order valence-electron chi connectivity index (χ1n) is 7.12. The van der Waals surface area contributed by atoms with Crippen LogP contribution in [0.5, 0.6) is 5.75 Å². The van der Waals surface area contributed by atoms with Gasteiger partial charge in [-0.05, 0) is 24.3 Å². The molecule has 2 aromatic carbocycles. The molecule has 8 nitrogen and oxygen atoms in total. The van der Waals surface area contributed by atoms with Gasteiger partial charge in [-0.1, -0.05) is 12.1 Å². The Kier molecular flexibility index (Phi) is 5.28. The second-order valence-electron chi connectivity index (χ2n) is 5.06. The van der Waals surface area contributed by atoms with Gasteiger partial charge in [0.2, 0.25) is 5.91 Å². The van der Waals surface area contributed by atoms with Crippen molar-refractivity contribution >= 4 is 33.2 Å². The number of rotatable bonds is 6. The SMILES string of the molecule is COc1cc(S(=O)(=O)Nc2ccccc2C(N)=O)ccc1NC(C)=O. The lowest BCUT2D eigenvalue weighted by atomic mass is 10.2. The summed E-state index contributed by atoms with van der Waals surface area (Å²) in [4.78, 5) is 22.5. The number of hydrogen-bond acceptors (Lipinski definition) is 5. The zero-order valence-corrected chi connectivity index (χ0v) is 14.4. The Morgan fingerprint density at radius 1 is 1.08 bits per heavy atom. The summed E-state index contributed by atoms with van der Waals surface area (Å²) in [6.45, 7) is 1.33. The van der Waals surface area contributed by atoms with Gasteiger partial charge >= 0.3 is 0 Å². The lowest BCUT2D eigenvalue weighted by Gasteiger charge is -2.13. The zero-order valence-electron chi connectivity index (χ0n) is 13.6. The van der Waals surface area contributed by atoms with Crippen molar-refractivity contribution in [2.45, 2.75) is 11.8 Å². The normalized spacial score (nSPS) is 10.8. The lowest BCUT2D eigenvalue weighted by molar-refractivity contribution is -0.114. The van der Waals surface area contributed by atoms with Gasteiger partial charge in [0.05, 0.1) is 28.9 Å². The number of para-hydroxylation sites is 1. The third-order valence-electron chi connectivity index (χ3n) is 3.23. The number of methoxy groups -OCH3 is 1. The number of anilines is 2. The standard InChI is InChI=1S/C16H17N3O5S/c1-10(20)18-14-8-7-11(9-15(14)24-2)25(22,23)19-13-6-4-3-5-12(13)16(17)21/h3-9,19H,1-2H3,(H2,17,21)(H,18,20). The van der Waals surface area contributed by atoms with Crippen LogP contribution in [-0.2, 0) is 14.8 Å². The number of benzene rings is 2. The van der Waals surface area contributed by atoms with Crippen molar-refractivity contribution in [3.8, 4) is 5.75 Å². The fourth-order valence-corrected chi connectivity index (χ4v) is 3.22. The Balaban J connectivity index is 2.40. The number of primary amides is 1. The molecule has 0 spiro atoms. The third-order valence-corrected chi connectivity index (χ3v) is 4.59. The highest BCUT2D eigenvalue weighted by Crippen LogP contribution is 2.29. The van der Waals surface area contributed by atoms with E-state index >= 15 is 0 Å². The Labute approximate surface area is 145 Å². The number of sulfonamides is 1. The molecule has 0 radical (unpaired) electrons. The monoisotopic (exact) mass is 363 g/mol. The average Bonchev–Trinajstić information content (AvgIpc) is 2.54. The second-order valence-corrected chi connectivity index (χ2v) is 6.74. The van der Waals surface area contributed by atoms with Crippen molar-refractivity contribution in [3.05, 3.63) is 48.0 Å². The molecule has 0 heterocycles. The molecule has 132 valence electrons. The minimum Gasteiger partial charge on any atom is -0.495 e. The topological polar surface area (TPSA) is 128 Å². The second kappa shape index (κ2) is 7.22. The molecule has 9 heteroatoms. The van der Waals surface area contributed by atoms with E-state index in [0.717, 1.165) is 0 Å². The Morgan fingerprint density at radius 2 is 1.76 bits per heavy atom. The maximum atomic E-state index is 12.6. The van der Waals surface area contributed by atoms with E-state index in [1.54, 1.807) is 12.1 Å². The van der Waals surface area contributed by atoms with Crippen LogP contribution in [0.25, 0.3) is 0 Å². The third kappa shape index (κ3) is 4.27. The molecule has 0 unspecified atom stereocenters. The number of carbonyl (C=O) groups excluding carboxylic acids is 2. The first-order valence-corrected chi connectivity index (χ1v) is 8.60. The van der Waals surface area contributed by atoms with Crippen LogP contribution in [-0.4, -0.2) is 27.3 Å². The van der Waals surface area contributed by atoms with E-state index in [-0.39, 0.29) is 27.8 Å². The summed E-state index contributed by atoms with van der Waals surface area (Å²) < 4.78 is 32.6. The maximum absolute atomic E-state index is 12.6. The van der Waals surface area contributed by atoms with Crippen LogP contribution < -0.4 is 20.5 Å². The number of carbonyl (C=O) groups is 2. The number of nitrogens with one attached hydrogen (secondary N) is 2. The molecule has 2 aromatic rings. The maximum Gasteiger partial charge on any atom is 0.262 e. The molecule has 0 aliphatic heterocycles. The summed E-state index contributed by atoms with van der Waals surface area (Å²) >= 11 is 0. The molecule has 0 aliphatic carbocycles. The van der Waals surface area contributed by atoms with E-state index in [1.807, 2.05) is 0 Å². The Bertz CT molecular complexity index is 925. The van der Waals surface area contributed by atoms with Crippen molar-refractivity contribution < 1.29 is 22.7 Å². The highest BCUT2D eigenvalue weighted by molar-refractivity contribution is 7.92. The van der Waals surface area contributed by atoms with Gasteiger partial charge < -0.3 is 15.8 Å². The summed E-state index contributed by atoms with van der Waals surface area (Å²) in [7, 11) is -2.64. The first kappa shape index (κ1) is 18.3. The summed E-state index contributed by atoms with van der Waals surface area (Å²) in [5.74, 6) is -0.888. The van der Waals surface area contributed by atoms with Gasteiger partial charge in [-0.3, -0.25) is 14.3 Å². The van der Waals surface area contributed by atoms with Gasteiger partial charge in [0.15, 0.2) is 0 Å². The van der Waals surface area contributed by atoms with Crippen LogP contribution >= 0.6 is 0 Å². The predicted octanol–water partition coefficient (Wildman–Crippen LogP) is 1.55. The van der Waals surface area contributed by atoms with Gasteiger partial charge in [0.25, 0.3) is 15.9 Å². The van der Waals surface area contributed by atoms with Crippen LogP contribution in [0.15, 0.2) is 47.4 Å². The van der Waals surface area contributed by atoms with Gasteiger partial charge in [-0.15, -0.1) is 0 Å². The van der Waals surface area contributed by atoms with E-state index in [9.17, 15) is 18.0 Å². The molecule has 0 aliphatic rings. The smallest absolute Gasteiger partial charge is 0.262 e. The summed E-state index contributed by atoms with van der Waals surface area (Å²) in [6, 6.07) is 9.98. The molecule has 0 bridgehead atoms. The molecule has 0 saturated carbocycles. The van der Waals surface area contributed by atoms with Gasteiger partial charge in [0.1, 0.15) is 5.75 Å². The molecule has 2 amide bonds. The van der Waals surface area contributed by atoms with E-state index in [1.165, 1.54) is 44.4 Å². The minimum absolute atomic E-state index is 0.0490. The predicted molar refractivity (Wildman–Crippen MR) is 93.1 cm³/mol. The lowest BCUT2D eigenvalue weighted by Crippen LogP contribution is -2.18. The van der Waals surface area contributed by atoms with Crippen molar-refractivity contribution in [1.29, 1.82) is 0 Å². The quantitative estimate of drug-likeness (QED) is 0.717. The highest BCUT2D eigenvalue weighted by atomic mass is 32.2. The van der Waals surface area contributed by atoms with Crippen LogP contribution in [0.2, 0.25) is 0 Å². The average molecular weight is 363 g/mol.